The average Bonchev–Trinajstić information content (AvgIpc) is 2.43. The van der Waals surface area contributed by atoms with E-state index in [0.717, 1.165) is 16.2 Å². The molecule has 1 nitrogen and oxygen atoms in total. The van der Waals surface area contributed by atoms with Crippen molar-refractivity contribution >= 4 is 38.9 Å². The topological polar surface area (TPSA) is 17.1 Å². The fourth-order valence-electron chi connectivity index (χ4n) is 2.28. The molecule has 0 aromatic heterocycles. The highest BCUT2D eigenvalue weighted by molar-refractivity contribution is 6.32. The van der Waals surface area contributed by atoms with Crippen LogP contribution in [0.5, 0.6) is 0 Å². The molecule has 18 heavy (non-hydrogen) atoms. The summed E-state index contributed by atoms with van der Waals surface area (Å²) in [7, 11) is 0. The molecule has 0 unspecified atom stereocenters. The van der Waals surface area contributed by atoms with Crippen molar-refractivity contribution in [1.29, 1.82) is 0 Å². The fraction of sp³-hybridized carbons (Fsp3) is 0.0625. The summed E-state index contributed by atoms with van der Waals surface area (Å²) < 4.78 is 0. The summed E-state index contributed by atoms with van der Waals surface area (Å²) in [5.41, 5.74) is 0.702. The van der Waals surface area contributed by atoms with E-state index in [9.17, 15) is 4.79 Å². The standard InChI is InChI=1S/C16H11ClO/c17-10-16(18)14-7-3-6-13-8-11-4-1-2-5-12(11)9-15(13)14/h1-9H,10H2. The Morgan fingerprint density at radius 2 is 1.56 bits per heavy atom. The summed E-state index contributed by atoms with van der Waals surface area (Å²) in [6, 6.07) is 18.1. The van der Waals surface area contributed by atoms with E-state index in [1.807, 2.05) is 30.3 Å². The van der Waals surface area contributed by atoms with Gasteiger partial charge in [0.05, 0.1) is 5.88 Å². The number of carbonyl (C=O) groups is 1. The molecule has 3 rings (SSSR count). The van der Waals surface area contributed by atoms with Crippen LogP contribution >= 0.6 is 11.6 Å². The highest BCUT2D eigenvalue weighted by Crippen LogP contribution is 2.25. The van der Waals surface area contributed by atoms with Crippen molar-refractivity contribution in [2.45, 2.75) is 0 Å². The van der Waals surface area contributed by atoms with Crippen LogP contribution in [0.3, 0.4) is 0 Å². The zero-order valence-corrected chi connectivity index (χ0v) is 10.4. The number of ketones is 1. The van der Waals surface area contributed by atoms with Crippen molar-refractivity contribution in [3.8, 4) is 0 Å². The molecule has 0 spiro atoms. The molecule has 0 N–H and O–H groups in total. The molecule has 0 bridgehead atoms. The van der Waals surface area contributed by atoms with Gasteiger partial charge in [0.2, 0.25) is 0 Å². The Morgan fingerprint density at radius 3 is 2.28 bits per heavy atom. The fourth-order valence-corrected chi connectivity index (χ4v) is 2.43. The lowest BCUT2D eigenvalue weighted by Crippen LogP contribution is -2.00. The van der Waals surface area contributed by atoms with E-state index < -0.39 is 0 Å². The van der Waals surface area contributed by atoms with Crippen molar-refractivity contribution in [3.05, 3.63) is 60.2 Å². The minimum Gasteiger partial charge on any atom is -0.293 e. The van der Waals surface area contributed by atoms with Crippen molar-refractivity contribution in [2.24, 2.45) is 0 Å². The Hall–Kier alpha value is -1.86. The van der Waals surface area contributed by atoms with Crippen molar-refractivity contribution in [2.75, 3.05) is 5.88 Å². The molecule has 0 fully saturated rings. The van der Waals surface area contributed by atoms with E-state index in [-0.39, 0.29) is 11.7 Å². The second-order valence-electron chi connectivity index (χ2n) is 4.28. The van der Waals surface area contributed by atoms with Crippen molar-refractivity contribution < 1.29 is 4.79 Å². The maximum absolute atomic E-state index is 11.8. The summed E-state index contributed by atoms with van der Waals surface area (Å²) in [4.78, 5) is 11.8. The first kappa shape index (κ1) is 11.2. The molecule has 0 radical (unpaired) electrons. The van der Waals surface area contributed by atoms with E-state index in [2.05, 4.69) is 24.3 Å². The molecule has 0 saturated carbocycles. The highest BCUT2D eigenvalue weighted by atomic mass is 35.5. The van der Waals surface area contributed by atoms with Gasteiger partial charge in [-0.2, -0.15) is 0 Å². The van der Waals surface area contributed by atoms with Crippen LogP contribution in [0.25, 0.3) is 21.5 Å². The molecule has 0 heterocycles. The third-order valence-electron chi connectivity index (χ3n) is 3.17. The van der Waals surface area contributed by atoms with Gasteiger partial charge in [0, 0.05) is 5.56 Å². The van der Waals surface area contributed by atoms with Crippen molar-refractivity contribution in [3.63, 3.8) is 0 Å². The first-order valence-corrected chi connectivity index (χ1v) is 6.34. The van der Waals surface area contributed by atoms with E-state index in [1.54, 1.807) is 0 Å². The van der Waals surface area contributed by atoms with E-state index >= 15 is 0 Å². The monoisotopic (exact) mass is 254 g/mol. The number of carbonyl (C=O) groups excluding carboxylic acids is 1. The lowest BCUT2D eigenvalue weighted by atomic mass is 9.98. The van der Waals surface area contributed by atoms with Crippen LogP contribution in [0.15, 0.2) is 54.6 Å². The second-order valence-corrected chi connectivity index (χ2v) is 4.55. The van der Waals surface area contributed by atoms with Crippen LogP contribution in [0.2, 0.25) is 0 Å². The molecule has 2 heteroatoms. The van der Waals surface area contributed by atoms with Crippen LogP contribution in [0.4, 0.5) is 0 Å². The van der Waals surface area contributed by atoms with E-state index in [4.69, 9.17) is 11.6 Å². The van der Waals surface area contributed by atoms with Gasteiger partial charge in [-0.15, -0.1) is 11.6 Å². The highest BCUT2D eigenvalue weighted by Gasteiger charge is 2.09. The van der Waals surface area contributed by atoms with Crippen LogP contribution in [-0.2, 0) is 0 Å². The Labute approximate surface area is 110 Å². The Bertz CT molecular complexity index is 746. The Balaban J connectivity index is 2.39. The smallest absolute Gasteiger partial charge is 0.178 e. The van der Waals surface area contributed by atoms with Crippen LogP contribution < -0.4 is 0 Å². The lowest BCUT2D eigenvalue weighted by Gasteiger charge is -2.06. The summed E-state index contributed by atoms with van der Waals surface area (Å²) >= 11 is 5.66. The van der Waals surface area contributed by atoms with Gasteiger partial charge in [-0.1, -0.05) is 42.5 Å². The summed E-state index contributed by atoms with van der Waals surface area (Å²) in [5.74, 6) is -0.0103. The lowest BCUT2D eigenvalue weighted by molar-refractivity contribution is 0.102. The van der Waals surface area contributed by atoms with E-state index in [0.29, 0.717) is 5.56 Å². The molecule has 0 atom stereocenters. The zero-order valence-electron chi connectivity index (χ0n) is 9.69. The molecule has 0 amide bonds. The first-order valence-electron chi connectivity index (χ1n) is 5.80. The molecular weight excluding hydrogens is 244 g/mol. The third-order valence-corrected chi connectivity index (χ3v) is 3.41. The van der Waals surface area contributed by atoms with Crippen LogP contribution in [0, 0.1) is 0 Å². The first-order chi connectivity index (χ1) is 8.79. The predicted octanol–water partition coefficient (Wildman–Crippen LogP) is 4.41. The molecule has 0 aliphatic rings. The largest absolute Gasteiger partial charge is 0.293 e. The number of Topliss-reactive ketones (excluding diaryl/α,β-unsaturated/α-hetero) is 1. The normalized spacial score (nSPS) is 10.9. The number of rotatable bonds is 2. The average molecular weight is 255 g/mol. The maximum atomic E-state index is 11.8. The summed E-state index contributed by atoms with van der Waals surface area (Å²) in [5, 5.41) is 4.37. The van der Waals surface area contributed by atoms with Crippen LogP contribution in [-0.4, -0.2) is 11.7 Å². The van der Waals surface area contributed by atoms with E-state index in [1.165, 1.54) is 5.39 Å². The van der Waals surface area contributed by atoms with Gasteiger partial charge in [0.15, 0.2) is 5.78 Å². The molecule has 3 aromatic carbocycles. The van der Waals surface area contributed by atoms with Crippen LogP contribution in [0.1, 0.15) is 10.4 Å². The number of fused-ring (bicyclic) bond motifs is 2. The molecular formula is C16H11ClO. The molecule has 0 aliphatic heterocycles. The Kier molecular flexibility index (Phi) is 2.77. The van der Waals surface area contributed by atoms with Gasteiger partial charge in [0.1, 0.15) is 0 Å². The number of halogens is 1. The number of hydrogen-bond donors (Lipinski definition) is 0. The second kappa shape index (κ2) is 4.43. The Morgan fingerprint density at radius 1 is 0.889 bits per heavy atom. The van der Waals surface area contributed by atoms with Gasteiger partial charge in [-0.25, -0.2) is 0 Å². The van der Waals surface area contributed by atoms with Crippen molar-refractivity contribution in [1.82, 2.24) is 0 Å². The molecule has 3 aromatic rings. The minimum absolute atomic E-state index is 0.0198. The number of benzene rings is 3. The SMILES string of the molecule is O=C(CCl)c1cccc2cc3ccccc3cc12. The van der Waals surface area contributed by atoms with Gasteiger partial charge >= 0.3 is 0 Å². The summed E-state index contributed by atoms with van der Waals surface area (Å²) in [6.07, 6.45) is 0. The molecule has 0 aliphatic carbocycles. The minimum atomic E-state index is -0.0300. The van der Waals surface area contributed by atoms with Gasteiger partial charge in [0.25, 0.3) is 0 Å². The van der Waals surface area contributed by atoms with Gasteiger partial charge in [-0.05, 0) is 33.7 Å². The number of hydrogen-bond acceptors (Lipinski definition) is 1. The van der Waals surface area contributed by atoms with Gasteiger partial charge < -0.3 is 0 Å². The predicted molar refractivity (Wildman–Crippen MR) is 76.5 cm³/mol. The molecule has 0 saturated heterocycles. The summed E-state index contributed by atoms with van der Waals surface area (Å²) in [6.45, 7) is 0. The van der Waals surface area contributed by atoms with Gasteiger partial charge in [-0.3, -0.25) is 4.79 Å². The maximum Gasteiger partial charge on any atom is 0.178 e. The third kappa shape index (κ3) is 1.77. The molecule has 88 valence electrons. The number of alkyl halides is 1. The zero-order chi connectivity index (χ0) is 12.5. The quantitative estimate of drug-likeness (QED) is 0.376.